The number of carbonyl (C=O) groups excluding carboxylic acids is 2. The Labute approximate surface area is 189 Å². The summed E-state index contributed by atoms with van der Waals surface area (Å²) in [5, 5.41) is 13.4. The minimum absolute atomic E-state index is 0.0832. The third-order valence-electron chi connectivity index (χ3n) is 6.52. The van der Waals surface area contributed by atoms with E-state index in [0.29, 0.717) is 19.7 Å². The number of amides is 1. The van der Waals surface area contributed by atoms with E-state index in [1.807, 2.05) is 53.4 Å². The highest BCUT2D eigenvalue weighted by atomic mass is 16.5. The van der Waals surface area contributed by atoms with Gasteiger partial charge in [0.15, 0.2) is 0 Å². The van der Waals surface area contributed by atoms with Crippen molar-refractivity contribution >= 4 is 12.2 Å². The summed E-state index contributed by atoms with van der Waals surface area (Å²) in [4.78, 5) is 27.8. The maximum Gasteiger partial charge on any atom is 0.240 e. The summed E-state index contributed by atoms with van der Waals surface area (Å²) in [6, 6.07) is 14.2. The first-order valence-electron chi connectivity index (χ1n) is 11.6. The van der Waals surface area contributed by atoms with E-state index in [4.69, 9.17) is 4.74 Å². The molecule has 0 radical (unpaired) electrons. The molecule has 1 saturated heterocycles. The lowest BCUT2D eigenvalue weighted by Crippen LogP contribution is -2.51. The van der Waals surface area contributed by atoms with Gasteiger partial charge in [0.2, 0.25) is 5.91 Å². The number of carbonyl (C=O) groups is 2. The number of ether oxygens (including phenoxy) is 1. The van der Waals surface area contributed by atoms with E-state index in [2.05, 4.69) is 5.32 Å². The second-order valence-corrected chi connectivity index (χ2v) is 8.66. The first-order valence-corrected chi connectivity index (χ1v) is 11.6. The van der Waals surface area contributed by atoms with Crippen molar-refractivity contribution in [3.63, 3.8) is 0 Å². The second-order valence-electron chi connectivity index (χ2n) is 8.66. The van der Waals surface area contributed by atoms with E-state index >= 15 is 0 Å². The lowest BCUT2D eigenvalue weighted by atomic mass is 9.88. The number of nitrogens with zero attached hydrogens (tertiary/aromatic N) is 1. The fourth-order valence-corrected chi connectivity index (χ4v) is 4.71. The molecule has 0 aliphatic carbocycles. The van der Waals surface area contributed by atoms with Gasteiger partial charge in [0.05, 0.1) is 25.2 Å². The maximum atomic E-state index is 13.5. The van der Waals surface area contributed by atoms with Crippen molar-refractivity contribution in [1.82, 2.24) is 10.2 Å². The van der Waals surface area contributed by atoms with E-state index in [1.54, 1.807) is 0 Å². The SMILES string of the molecule is O=C[C@H](c1ccc2c(c1)CCCCO2)[C@H](N[C@H](CO)c1ccccc1)C(=O)N1CCCC1. The van der Waals surface area contributed by atoms with Crippen LogP contribution < -0.4 is 10.1 Å². The zero-order valence-electron chi connectivity index (χ0n) is 18.4. The Morgan fingerprint density at radius 3 is 2.56 bits per heavy atom. The molecule has 2 heterocycles. The molecule has 2 aliphatic heterocycles. The number of rotatable bonds is 8. The second kappa shape index (κ2) is 10.7. The van der Waals surface area contributed by atoms with Crippen LogP contribution >= 0.6 is 0 Å². The van der Waals surface area contributed by atoms with Gasteiger partial charge < -0.3 is 19.5 Å². The number of benzene rings is 2. The topological polar surface area (TPSA) is 78.9 Å². The molecule has 3 atom stereocenters. The number of hydrogen-bond acceptors (Lipinski definition) is 5. The van der Waals surface area contributed by atoms with Crippen molar-refractivity contribution in [1.29, 1.82) is 0 Å². The van der Waals surface area contributed by atoms with Gasteiger partial charge in [0.1, 0.15) is 18.1 Å². The summed E-state index contributed by atoms with van der Waals surface area (Å²) in [6.07, 6.45) is 5.76. The minimum atomic E-state index is -0.757. The Hall–Kier alpha value is -2.70. The molecule has 2 N–H and O–H groups in total. The van der Waals surface area contributed by atoms with Crippen LogP contribution in [0.4, 0.5) is 0 Å². The maximum absolute atomic E-state index is 13.5. The number of aliphatic hydroxyl groups excluding tert-OH is 1. The predicted octanol–water partition coefficient (Wildman–Crippen LogP) is 3.00. The largest absolute Gasteiger partial charge is 0.493 e. The molecule has 2 aliphatic rings. The van der Waals surface area contributed by atoms with Gasteiger partial charge in [-0.3, -0.25) is 10.1 Å². The molecule has 2 aromatic rings. The van der Waals surface area contributed by atoms with Gasteiger partial charge in [-0.2, -0.15) is 0 Å². The molecule has 0 unspecified atom stereocenters. The van der Waals surface area contributed by atoms with Gasteiger partial charge in [0.25, 0.3) is 0 Å². The van der Waals surface area contributed by atoms with Crippen LogP contribution in [0.25, 0.3) is 0 Å². The highest BCUT2D eigenvalue weighted by molar-refractivity contribution is 5.87. The van der Waals surface area contributed by atoms with Gasteiger partial charge in [-0.15, -0.1) is 0 Å². The summed E-state index contributed by atoms with van der Waals surface area (Å²) >= 11 is 0. The van der Waals surface area contributed by atoms with Gasteiger partial charge in [-0.05, 0) is 54.9 Å². The summed E-state index contributed by atoms with van der Waals surface area (Å²) in [5.41, 5.74) is 2.77. The molecular weight excluding hydrogens is 404 g/mol. The highest BCUT2D eigenvalue weighted by Gasteiger charge is 2.35. The van der Waals surface area contributed by atoms with Gasteiger partial charge in [0, 0.05) is 13.1 Å². The summed E-state index contributed by atoms with van der Waals surface area (Å²) in [6.45, 7) is 1.94. The number of fused-ring (bicyclic) bond motifs is 1. The van der Waals surface area contributed by atoms with Crippen LogP contribution in [0.3, 0.4) is 0 Å². The Balaban J connectivity index is 1.66. The molecule has 1 amide bonds. The quantitative estimate of drug-likeness (QED) is 0.622. The molecule has 4 rings (SSSR count). The number of nitrogens with one attached hydrogen (secondary N) is 1. The third kappa shape index (κ3) is 5.03. The smallest absolute Gasteiger partial charge is 0.240 e. The predicted molar refractivity (Wildman–Crippen MR) is 123 cm³/mol. The number of aryl methyl sites for hydroxylation is 1. The minimum Gasteiger partial charge on any atom is -0.493 e. The molecule has 170 valence electrons. The third-order valence-corrected chi connectivity index (χ3v) is 6.52. The van der Waals surface area contributed by atoms with Gasteiger partial charge >= 0.3 is 0 Å². The zero-order chi connectivity index (χ0) is 22.3. The molecule has 0 spiro atoms. The fraction of sp³-hybridized carbons (Fsp3) is 0.462. The lowest BCUT2D eigenvalue weighted by molar-refractivity contribution is -0.134. The van der Waals surface area contributed by atoms with Crippen molar-refractivity contribution in [3.8, 4) is 5.75 Å². The summed E-state index contributed by atoms with van der Waals surface area (Å²) in [5.74, 6) is 0.124. The highest BCUT2D eigenvalue weighted by Crippen LogP contribution is 2.30. The van der Waals surface area contributed by atoms with Gasteiger partial charge in [-0.1, -0.05) is 42.5 Å². The molecule has 0 saturated carbocycles. The number of aliphatic hydroxyl groups is 1. The van der Waals surface area contributed by atoms with Crippen LogP contribution in [0.2, 0.25) is 0 Å². The average molecular weight is 437 g/mol. The molecule has 0 bridgehead atoms. The van der Waals surface area contributed by atoms with Crippen LogP contribution in [0.15, 0.2) is 48.5 Å². The van der Waals surface area contributed by atoms with Crippen LogP contribution in [0.5, 0.6) is 5.75 Å². The van der Waals surface area contributed by atoms with E-state index in [0.717, 1.165) is 60.8 Å². The van der Waals surface area contributed by atoms with Crippen LogP contribution in [-0.2, 0) is 16.0 Å². The number of aldehydes is 1. The summed E-state index contributed by atoms with van der Waals surface area (Å²) in [7, 11) is 0. The number of hydrogen-bond donors (Lipinski definition) is 2. The van der Waals surface area contributed by atoms with E-state index < -0.39 is 18.0 Å². The molecule has 6 heteroatoms. The van der Waals surface area contributed by atoms with Crippen molar-refractivity contribution in [2.75, 3.05) is 26.3 Å². The molecule has 2 aromatic carbocycles. The molecule has 1 fully saturated rings. The van der Waals surface area contributed by atoms with Crippen LogP contribution in [0.1, 0.15) is 54.3 Å². The Kier molecular flexibility index (Phi) is 7.55. The monoisotopic (exact) mass is 436 g/mol. The van der Waals surface area contributed by atoms with Crippen LogP contribution in [0, 0.1) is 0 Å². The molecular formula is C26H32N2O4. The molecule has 6 nitrogen and oxygen atoms in total. The summed E-state index contributed by atoms with van der Waals surface area (Å²) < 4.78 is 5.83. The van der Waals surface area contributed by atoms with E-state index in [9.17, 15) is 14.7 Å². The molecule has 32 heavy (non-hydrogen) atoms. The van der Waals surface area contributed by atoms with Crippen molar-refractivity contribution in [2.45, 2.75) is 50.1 Å². The Morgan fingerprint density at radius 1 is 1.06 bits per heavy atom. The van der Waals surface area contributed by atoms with E-state index in [1.165, 1.54) is 0 Å². The first-order chi connectivity index (χ1) is 15.7. The first kappa shape index (κ1) is 22.5. The van der Waals surface area contributed by atoms with Crippen LogP contribution in [-0.4, -0.2) is 54.5 Å². The average Bonchev–Trinajstić information content (AvgIpc) is 3.27. The Morgan fingerprint density at radius 2 is 1.84 bits per heavy atom. The zero-order valence-corrected chi connectivity index (χ0v) is 18.4. The van der Waals surface area contributed by atoms with E-state index in [-0.39, 0.29) is 12.5 Å². The van der Waals surface area contributed by atoms with Crippen molar-refractivity contribution < 1.29 is 19.4 Å². The lowest BCUT2D eigenvalue weighted by Gasteiger charge is -2.31. The Bertz CT molecular complexity index is 911. The van der Waals surface area contributed by atoms with Gasteiger partial charge in [-0.25, -0.2) is 0 Å². The van der Waals surface area contributed by atoms with Crippen molar-refractivity contribution in [2.24, 2.45) is 0 Å². The fourth-order valence-electron chi connectivity index (χ4n) is 4.71. The standard InChI is InChI=1S/C26H32N2O4/c29-17-22(20-11-12-24-21(16-20)10-4-7-15-32-24)25(26(31)28-13-5-6-14-28)27-23(18-30)19-8-2-1-3-9-19/h1-3,8-9,11-12,16-17,22-23,25,27,30H,4-7,10,13-15,18H2/t22-,23-,25+/m1/s1. The van der Waals surface area contributed by atoms with Crippen molar-refractivity contribution in [3.05, 3.63) is 65.2 Å². The number of likely N-dealkylation sites (tertiary alicyclic amines) is 1. The molecule has 0 aromatic heterocycles. The normalized spacial score (nSPS) is 18.7.